The Kier molecular flexibility index (Phi) is 4.28. The summed E-state index contributed by atoms with van der Waals surface area (Å²) in [7, 11) is 1.56. The van der Waals surface area contributed by atoms with Crippen molar-refractivity contribution in [1.29, 1.82) is 0 Å². The maximum absolute atomic E-state index is 13.4. The van der Waals surface area contributed by atoms with Gasteiger partial charge in [-0.25, -0.2) is 9.18 Å². The van der Waals surface area contributed by atoms with E-state index in [1.165, 1.54) is 0 Å². The Hall–Kier alpha value is -1.82. The SMILES string of the molecule is COC(C)CNc1cc(F)c(C(=O)O)cc1N. The number of anilines is 2. The molecule has 17 heavy (non-hydrogen) atoms. The fraction of sp³-hybridized carbons (Fsp3) is 0.364. The Morgan fingerprint density at radius 2 is 2.29 bits per heavy atom. The maximum atomic E-state index is 13.4. The van der Waals surface area contributed by atoms with Gasteiger partial charge in [-0.15, -0.1) is 0 Å². The van der Waals surface area contributed by atoms with Crippen LogP contribution in [0, 0.1) is 5.82 Å². The first-order valence-electron chi connectivity index (χ1n) is 5.04. The number of methoxy groups -OCH3 is 1. The third-order valence-corrected chi connectivity index (χ3v) is 2.35. The molecule has 0 spiro atoms. The molecule has 0 aliphatic carbocycles. The van der Waals surface area contributed by atoms with Crippen molar-refractivity contribution in [1.82, 2.24) is 0 Å². The van der Waals surface area contributed by atoms with E-state index in [9.17, 15) is 9.18 Å². The van der Waals surface area contributed by atoms with Crippen LogP contribution in [0.3, 0.4) is 0 Å². The summed E-state index contributed by atoms with van der Waals surface area (Å²) in [4.78, 5) is 10.7. The lowest BCUT2D eigenvalue weighted by Gasteiger charge is -2.14. The molecule has 4 N–H and O–H groups in total. The second-order valence-corrected chi connectivity index (χ2v) is 3.65. The van der Waals surface area contributed by atoms with E-state index in [0.29, 0.717) is 12.2 Å². The summed E-state index contributed by atoms with van der Waals surface area (Å²) in [6.07, 6.45) is -0.0587. The summed E-state index contributed by atoms with van der Waals surface area (Å²) in [5.74, 6) is -2.16. The van der Waals surface area contributed by atoms with Crippen molar-refractivity contribution < 1.29 is 19.0 Å². The molecule has 0 amide bonds. The summed E-state index contributed by atoms with van der Waals surface area (Å²) in [6.45, 7) is 2.29. The Labute approximate surface area is 98.4 Å². The van der Waals surface area contributed by atoms with E-state index in [1.54, 1.807) is 7.11 Å². The number of carbonyl (C=O) groups is 1. The van der Waals surface area contributed by atoms with Gasteiger partial charge >= 0.3 is 5.97 Å². The van der Waals surface area contributed by atoms with Crippen LogP contribution in [0.5, 0.6) is 0 Å². The Morgan fingerprint density at radius 3 is 2.82 bits per heavy atom. The molecule has 0 heterocycles. The van der Waals surface area contributed by atoms with E-state index < -0.39 is 17.3 Å². The van der Waals surface area contributed by atoms with Crippen molar-refractivity contribution in [3.8, 4) is 0 Å². The molecule has 0 bridgehead atoms. The van der Waals surface area contributed by atoms with Gasteiger partial charge in [0.1, 0.15) is 5.82 Å². The third kappa shape index (κ3) is 3.32. The smallest absolute Gasteiger partial charge is 0.338 e. The van der Waals surface area contributed by atoms with Gasteiger partial charge in [0.25, 0.3) is 0 Å². The molecule has 1 aromatic rings. The summed E-state index contributed by atoms with van der Waals surface area (Å²) in [5, 5.41) is 11.6. The number of hydrogen-bond donors (Lipinski definition) is 3. The molecule has 1 aromatic carbocycles. The minimum absolute atomic E-state index is 0.0587. The number of aromatic carboxylic acids is 1. The zero-order valence-electron chi connectivity index (χ0n) is 9.66. The minimum Gasteiger partial charge on any atom is -0.478 e. The first kappa shape index (κ1) is 13.2. The number of benzene rings is 1. The molecule has 94 valence electrons. The number of nitrogens with two attached hydrogens (primary N) is 1. The molecule has 6 heteroatoms. The number of nitrogens with one attached hydrogen (secondary N) is 1. The largest absolute Gasteiger partial charge is 0.478 e. The van der Waals surface area contributed by atoms with E-state index >= 15 is 0 Å². The lowest BCUT2D eigenvalue weighted by atomic mass is 10.1. The van der Waals surface area contributed by atoms with Gasteiger partial charge in [0.05, 0.1) is 23.0 Å². The van der Waals surface area contributed by atoms with Gasteiger partial charge in [0.15, 0.2) is 0 Å². The van der Waals surface area contributed by atoms with E-state index in [-0.39, 0.29) is 11.8 Å². The van der Waals surface area contributed by atoms with Crippen molar-refractivity contribution in [2.24, 2.45) is 0 Å². The minimum atomic E-state index is -1.34. The van der Waals surface area contributed by atoms with Crippen LogP contribution in [-0.2, 0) is 4.74 Å². The van der Waals surface area contributed by atoms with Crippen LogP contribution in [0.15, 0.2) is 12.1 Å². The van der Waals surface area contributed by atoms with Gasteiger partial charge in [-0.3, -0.25) is 0 Å². The van der Waals surface area contributed by atoms with Crippen LogP contribution < -0.4 is 11.1 Å². The average molecular weight is 242 g/mol. The second kappa shape index (κ2) is 5.49. The number of rotatable bonds is 5. The lowest BCUT2D eigenvalue weighted by Crippen LogP contribution is -2.19. The van der Waals surface area contributed by atoms with Crippen LogP contribution >= 0.6 is 0 Å². The van der Waals surface area contributed by atoms with Gasteiger partial charge < -0.3 is 20.9 Å². The Morgan fingerprint density at radius 1 is 1.65 bits per heavy atom. The standard InChI is InChI=1S/C11H15FN2O3/c1-6(17-2)5-14-10-4-8(12)7(11(15)16)3-9(10)13/h3-4,6,14H,5,13H2,1-2H3,(H,15,16). The molecule has 0 aliphatic heterocycles. The number of hydrogen-bond acceptors (Lipinski definition) is 4. The van der Waals surface area contributed by atoms with Crippen molar-refractivity contribution in [3.63, 3.8) is 0 Å². The van der Waals surface area contributed by atoms with Crippen LogP contribution in [0.2, 0.25) is 0 Å². The van der Waals surface area contributed by atoms with Crippen LogP contribution in [0.25, 0.3) is 0 Å². The lowest BCUT2D eigenvalue weighted by molar-refractivity contribution is 0.0692. The molecular weight excluding hydrogens is 227 g/mol. The fourth-order valence-corrected chi connectivity index (χ4v) is 1.24. The number of carboxylic acid groups (broad SMARTS) is 1. The van der Waals surface area contributed by atoms with Gasteiger partial charge in [-0.1, -0.05) is 0 Å². The molecule has 0 radical (unpaired) electrons. The molecule has 0 saturated heterocycles. The normalized spacial score (nSPS) is 12.2. The Balaban J connectivity index is 2.88. The van der Waals surface area contributed by atoms with E-state index in [0.717, 1.165) is 12.1 Å². The van der Waals surface area contributed by atoms with Crippen LogP contribution in [-0.4, -0.2) is 30.8 Å². The van der Waals surface area contributed by atoms with Gasteiger partial charge in [0.2, 0.25) is 0 Å². The van der Waals surface area contributed by atoms with Crippen molar-refractivity contribution in [2.75, 3.05) is 24.7 Å². The van der Waals surface area contributed by atoms with E-state index in [4.69, 9.17) is 15.6 Å². The predicted octanol–water partition coefficient (Wildman–Crippen LogP) is 1.55. The molecule has 1 atom stereocenters. The molecule has 5 nitrogen and oxygen atoms in total. The molecular formula is C11H15FN2O3. The van der Waals surface area contributed by atoms with Crippen LogP contribution in [0.4, 0.5) is 15.8 Å². The fourth-order valence-electron chi connectivity index (χ4n) is 1.24. The molecule has 1 unspecified atom stereocenters. The topological polar surface area (TPSA) is 84.6 Å². The summed E-state index contributed by atoms with van der Waals surface area (Å²) in [5.41, 5.74) is 5.73. The molecule has 0 fully saturated rings. The predicted molar refractivity (Wildman–Crippen MR) is 62.7 cm³/mol. The molecule has 1 rings (SSSR count). The summed E-state index contributed by atoms with van der Waals surface area (Å²) in [6, 6.07) is 2.17. The van der Waals surface area contributed by atoms with Crippen molar-refractivity contribution in [3.05, 3.63) is 23.5 Å². The highest BCUT2D eigenvalue weighted by Gasteiger charge is 2.13. The quantitative estimate of drug-likeness (QED) is 0.682. The molecule has 0 aliphatic rings. The highest BCUT2D eigenvalue weighted by molar-refractivity contribution is 5.90. The summed E-state index contributed by atoms with van der Waals surface area (Å²) < 4.78 is 18.4. The number of ether oxygens (including phenoxy) is 1. The van der Waals surface area contributed by atoms with E-state index in [2.05, 4.69) is 5.32 Å². The average Bonchev–Trinajstić information content (AvgIpc) is 2.28. The van der Waals surface area contributed by atoms with Crippen molar-refractivity contribution >= 4 is 17.3 Å². The zero-order chi connectivity index (χ0) is 13.0. The van der Waals surface area contributed by atoms with E-state index in [1.807, 2.05) is 6.92 Å². The number of carboxylic acids is 1. The summed E-state index contributed by atoms with van der Waals surface area (Å²) >= 11 is 0. The van der Waals surface area contributed by atoms with Crippen molar-refractivity contribution in [2.45, 2.75) is 13.0 Å². The van der Waals surface area contributed by atoms with Gasteiger partial charge in [0, 0.05) is 13.7 Å². The third-order valence-electron chi connectivity index (χ3n) is 2.35. The monoisotopic (exact) mass is 242 g/mol. The maximum Gasteiger partial charge on any atom is 0.338 e. The van der Waals surface area contributed by atoms with Crippen LogP contribution in [0.1, 0.15) is 17.3 Å². The van der Waals surface area contributed by atoms with Gasteiger partial charge in [-0.05, 0) is 19.1 Å². The Bertz CT molecular complexity index is 423. The number of nitrogen functional groups attached to an aromatic ring is 1. The highest BCUT2D eigenvalue weighted by atomic mass is 19.1. The second-order valence-electron chi connectivity index (χ2n) is 3.65. The number of halogens is 1. The first-order valence-corrected chi connectivity index (χ1v) is 5.04. The molecule has 0 saturated carbocycles. The van der Waals surface area contributed by atoms with Gasteiger partial charge in [-0.2, -0.15) is 0 Å². The zero-order valence-corrected chi connectivity index (χ0v) is 9.66. The highest BCUT2D eigenvalue weighted by Crippen LogP contribution is 2.23. The molecule has 0 aromatic heterocycles. The first-order chi connectivity index (χ1) is 7.95.